The van der Waals surface area contributed by atoms with Gasteiger partial charge in [-0.3, -0.25) is 0 Å². The van der Waals surface area contributed by atoms with E-state index in [9.17, 15) is 0 Å². The molecule has 2 saturated heterocycles. The van der Waals surface area contributed by atoms with E-state index in [1.54, 1.807) is 6.20 Å². The van der Waals surface area contributed by atoms with Crippen LogP contribution in [0.5, 0.6) is 0 Å². The van der Waals surface area contributed by atoms with Gasteiger partial charge in [0.2, 0.25) is 5.95 Å². The molecule has 4 rings (SSSR count). The van der Waals surface area contributed by atoms with Gasteiger partial charge in [-0.25, -0.2) is 9.97 Å². The van der Waals surface area contributed by atoms with E-state index in [0.29, 0.717) is 5.02 Å². The molecule has 4 heterocycles. The Morgan fingerprint density at radius 1 is 0.962 bits per heavy atom. The summed E-state index contributed by atoms with van der Waals surface area (Å²) >= 11 is 9.55. The van der Waals surface area contributed by atoms with Gasteiger partial charge in [0.1, 0.15) is 11.6 Å². The highest BCUT2D eigenvalue weighted by Crippen LogP contribution is 2.28. The molecule has 26 heavy (non-hydrogen) atoms. The summed E-state index contributed by atoms with van der Waals surface area (Å²) in [5.41, 5.74) is 0. The van der Waals surface area contributed by atoms with Crippen molar-refractivity contribution in [2.24, 2.45) is 0 Å². The van der Waals surface area contributed by atoms with Crippen molar-refractivity contribution in [2.75, 3.05) is 67.2 Å². The van der Waals surface area contributed by atoms with Gasteiger partial charge in [-0.2, -0.15) is 4.98 Å². The monoisotopic (exact) mass is 438 g/mol. The third kappa shape index (κ3) is 3.87. The summed E-state index contributed by atoms with van der Waals surface area (Å²) in [4.78, 5) is 20.4. The van der Waals surface area contributed by atoms with Crippen molar-refractivity contribution in [3.05, 3.63) is 34.0 Å². The smallest absolute Gasteiger partial charge is 0.227 e. The Kier molecular flexibility index (Phi) is 5.42. The van der Waals surface area contributed by atoms with Crippen molar-refractivity contribution in [3.8, 4) is 0 Å². The standard InChI is InChI=1S/C17H20BrClN6O/c18-14-11-13(19)12-21-16(14)24-5-3-23(4-6-24)15-1-2-20-17(22-15)25-7-9-26-10-8-25/h1-2,11-12H,3-10H2. The zero-order valence-electron chi connectivity index (χ0n) is 14.3. The fourth-order valence-electron chi connectivity index (χ4n) is 3.22. The third-order valence-electron chi connectivity index (χ3n) is 4.61. The number of halogens is 2. The summed E-state index contributed by atoms with van der Waals surface area (Å²) in [7, 11) is 0. The Labute approximate surface area is 166 Å². The number of ether oxygens (including phenoxy) is 1. The topological polar surface area (TPSA) is 57.6 Å². The van der Waals surface area contributed by atoms with Crippen LogP contribution in [0.2, 0.25) is 5.02 Å². The molecule has 0 bridgehead atoms. The molecule has 0 unspecified atom stereocenters. The minimum absolute atomic E-state index is 0.635. The summed E-state index contributed by atoms with van der Waals surface area (Å²) in [6, 6.07) is 3.87. The van der Waals surface area contributed by atoms with Gasteiger partial charge >= 0.3 is 0 Å². The Bertz CT molecular complexity index is 765. The highest BCUT2D eigenvalue weighted by Gasteiger charge is 2.22. The Morgan fingerprint density at radius 2 is 1.69 bits per heavy atom. The van der Waals surface area contributed by atoms with Crippen molar-refractivity contribution in [3.63, 3.8) is 0 Å². The van der Waals surface area contributed by atoms with Crippen LogP contribution in [0.1, 0.15) is 0 Å². The van der Waals surface area contributed by atoms with E-state index < -0.39 is 0 Å². The number of nitrogens with zero attached hydrogens (tertiary/aromatic N) is 6. The lowest BCUT2D eigenvalue weighted by molar-refractivity contribution is 0.122. The van der Waals surface area contributed by atoms with Crippen molar-refractivity contribution in [1.29, 1.82) is 0 Å². The van der Waals surface area contributed by atoms with Crippen LogP contribution in [0, 0.1) is 0 Å². The van der Waals surface area contributed by atoms with Crippen molar-refractivity contribution >= 4 is 45.1 Å². The van der Waals surface area contributed by atoms with E-state index in [0.717, 1.165) is 74.5 Å². The maximum atomic E-state index is 5.99. The maximum absolute atomic E-state index is 5.99. The molecule has 9 heteroatoms. The molecule has 0 radical (unpaired) electrons. The molecule has 2 aromatic rings. The normalized spacial score (nSPS) is 18.3. The molecule has 2 aliphatic heterocycles. The van der Waals surface area contributed by atoms with Crippen LogP contribution in [0.15, 0.2) is 29.0 Å². The molecular formula is C17H20BrClN6O. The second-order valence-corrected chi connectivity index (χ2v) is 7.54. The largest absolute Gasteiger partial charge is 0.378 e. The van der Waals surface area contributed by atoms with E-state index in [1.807, 2.05) is 18.3 Å². The molecule has 7 nitrogen and oxygen atoms in total. The molecule has 0 atom stereocenters. The summed E-state index contributed by atoms with van der Waals surface area (Å²) in [6.07, 6.45) is 3.53. The molecule has 2 aliphatic rings. The van der Waals surface area contributed by atoms with E-state index in [4.69, 9.17) is 21.3 Å². The molecule has 2 fully saturated rings. The predicted octanol–water partition coefficient (Wildman–Crippen LogP) is 2.45. The molecule has 0 N–H and O–H groups in total. The van der Waals surface area contributed by atoms with Crippen molar-refractivity contribution < 1.29 is 4.74 Å². The van der Waals surface area contributed by atoms with Gasteiger partial charge in [-0.1, -0.05) is 11.6 Å². The number of hydrogen-bond donors (Lipinski definition) is 0. The van der Waals surface area contributed by atoms with Gasteiger partial charge in [0.25, 0.3) is 0 Å². The third-order valence-corrected chi connectivity index (χ3v) is 5.40. The number of rotatable bonds is 3. The molecule has 138 valence electrons. The molecule has 0 amide bonds. The number of piperazine rings is 1. The zero-order valence-corrected chi connectivity index (χ0v) is 16.7. The van der Waals surface area contributed by atoms with Crippen LogP contribution in [-0.2, 0) is 4.74 Å². The number of pyridine rings is 1. The van der Waals surface area contributed by atoms with Gasteiger partial charge in [0.05, 0.1) is 22.7 Å². The number of morpholine rings is 1. The van der Waals surface area contributed by atoms with Crippen LogP contribution in [-0.4, -0.2) is 67.4 Å². The second kappa shape index (κ2) is 7.94. The minimum Gasteiger partial charge on any atom is -0.378 e. The molecule has 0 aliphatic carbocycles. The average Bonchev–Trinajstić information content (AvgIpc) is 2.69. The van der Waals surface area contributed by atoms with Crippen LogP contribution in [0.25, 0.3) is 0 Å². The Balaban J connectivity index is 1.43. The lowest BCUT2D eigenvalue weighted by Gasteiger charge is -2.36. The van der Waals surface area contributed by atoms with Crippen LogP contribution in [0.4, 0.5) is 17.6 Å². The van der Waals surface area contributed by atoms with Crippen molar-refractivity contribution in [1.82, 2.24) is 15.0 Å². The fraction of sp³-hybridized carbons (Fsp3) is 0.471. The molecule has 0 saturated carbocycles. The zero-order chi connectivity index (χ0) is 17.9. The first-order valence-electron chi connectivity index (χ1n) is 8.67. The first-order chi connectivity index (χ1) is 12.7. The SMILES string of the molecule is Clc1cnc(N2CCN(c3ccnc(N4CCOCC4)n3)CC2)c(Br)c1. The molecule has 0 spiro atoms. The van der Waals surface area contributed by atoms with E-state index in [2.05, 4.69) is 40.6 Å². The maximum Gasteiger partial charge on any atom is 0.227 e. The Morgan fingerprint density at radius 3 is 2.42 bits per heavy atom. The number of hydrogen-bond acceptors (Lipinski definition) is 7. The van der Waals surface area contributed by atoms with Gasteiger partial charge in [0, 0.05) is 51.7 Å². The minimum atomic E-state index is 0.635. The summed E-state index contributed by atoms with van der Waals surface area (Å²) < 4.78 is 6.33. The lowest BCUT2D eigenvalue weighted by Crippen LogP contribution is -2.47. The van der Waals surface area contributed by atoms with E-state index in [1.165, 1.54) is 0 Å². The highest BCUT2D eigenvalue weighted by molar-refractivity contribution is 9.10. The first-order valence-corrected chi connectivity index (χ1v) is 9.84. The van der Waals surface area contributed by atoms with E-state index in [-0.39, 0.29) is 0 Å². The number of aromatic nitrogens is 3. The quantitative estimate of drug-likeness (QED) is 0.728. The van der Waals surface area contributed by atoms with Gasteiger partial charge in [-0.15, -0.1) is 0 Å². The molecular weight excluding hydrogens is 420 g/mol. The number of anilines is 3. The molecule has 0 aromatic carbocycles. The summed E-state index contributed by atoms with van der Waals surface area (Å²) in [6.45, 7) is 6.67. The fourth-order valence-corrected chi connectivity index (χ4v) is 4.11. The van der Waals surface area contributed by atoms with Gasteiger partial charge in [-0.05, 0) is 28.1 Å². The van der Waals surface area contributed by atoms with E-state index >= 15 is 0 Å². The predicted molar refractivity (Wildman–Crippen MR) is 106 cm³/mol. The highest BCUT2D eigenvalue weighted by atomic mass is 79.9. The average molecular weight is 440 g/mol. The van der Waals surface area contributed by atoms with Crippen LogP contribution >= 0.6 is 27.5 Å². The first kappa shape index (κ1) is 17.8. The van der Waals surface area contributed by atoms with Gasteiger partial charge < -0.3 is 19.4 Å². The van der Waals surface area contributed by atoms with Crippen LogP contribution in [0.3, 0.4) is 0 Å². The van der Waals surface area contributed by atoms with Crippen molar-refractivity contribution in [2.45, 2.75) is 0 Å². The van der Waals surface area contributed by atoms with Crippen LogP contribution < -0.4 is 14.7 Å². The second-order valence-electron chi connectivity index (χ2n) is 6.25. The molecule has 2 aromatic heterocycles. The summed E-state index contributed by atoms with van der Waals surface area (Å²) in [5, 5.41) is 0.635. The summed E-state index contributed by atoms with van der Waals surface area (Å²) in [5.74, 6) is 2.70. The van der Waals surface area contributed by atoms with Gasteiger partial charge in [0.15, 0.2) is 0 Å². The Hall–Kier alpha value is -1.64. The lowest BCUT2D eigenvalue weighted by atomic mass is 10.3.